The number of hydrogen-bond donors (Lipinski definition) is 2. The molecule has 1 atom stereocenters. The lowest BCUT2D eigenvalue weighted by Crippen LogP contribution is -2.22. The maximum atomic E-state index is 11.6. The van der Waals surface area contributed by atoms with Gasteiger partial charge in [-0.3, -0.25) is 9.69 Å². The average molecular weight is 413 g/mol. The lowest BCUT2D eigenvalue weighted by molar-refractivity contribution is -0.119. The first-order valence-electron chi connectivity index (χ1n) is 9.67. The molecule has 1 amide bonds. The molecule has 30 heavy (non-hydrogen) atoms. The van der Waals surface area contributed by atoms with Crippen LogP contribution in [0.2, 0.25) is 0 Å². The van der Waals surface area contributed by atoms with Gasteiger partial charge in [-0.15, -0.1) is 0 Å². The standard InChI is InChI=1S/C20H23N5O5/c1-28-12-18(27)22-17-7-4-13(9-21-17)19-23-20(30-24-19)16-3-2-8-25(16)10-14-5-6-15(11-26)29-14/h4-7,9,16,26H,2-3,8,10-12H2,1H3,(H,21,22,27). The van der Waals surface area contributed by atoms with Crippen LogP contribution < -0.4 is 5.32 Å². The normalized spacial score (nSPS) is 16.8. The molecule has 10 nitrogen and oxygen atoms in total. The minimum absolute atomic E-state index is 0.00879. The van der Waals surface area contributed by atoms with Crippen LogP contribution >= 0.6 is 0 Å². The molecular formula is C20H23N5O5. The number of aliphatic hydroxyl groups excluding tert-OH is 1. The molecule has 4 rings (SSSR count). The smallest absolute Gasteiger partial charge is 0.251 e. The van der Waals surface area contributed by atoms with Crippen LogP contribution in [0.4, 0.5) is 5.82 Å². The predicted octanol–water partition coefficient (Wildman–Crippen LogP) is 2.14. The number of anilines is 1. The molecule has 1 aliphatic rings. The molecular weight excluding hydrogens is 390 g/mol. The van der Waals surface area contributed by atoms with E-state index in [9.17, 15) is 4.79 Å². The van der Waals surface area contributed by atoms with Gasteiger partial charge in [-0.2, -0.15) is 4.98 Å². The fourth-order valence-corrected chi connectivity index (χ4v) is 3.49. The Kier molecular flexibility index (Phi) is 6.17. The highest BCUT2D eigenvalue weighted by molar-refractivity contribution is 5.90. The first-order chi connectivity index (χ1) is 14.7. The molecule has 1 unspecified atom stereocenters. The maximum absolute atomic E-state index is 11.6. The van der Waals surface area contributed by atoms with Gasteiger partial charge in [-0.25, -0.2) is 4.98 Å². The summed E-state index contributed by atoms with van der Waals surface area (Å²) in [5, 5.41) is 15.9. The van der Waals surface area contributed by atoms with Crippen molar-refractivity contribution in [3.8, 4) is 11.4 Å². The summed E-state index contributed by atoms with van der Waals surface area (Å²) < 4.78 is 15.9. The van der Waals surface area contributed by atoms with Crippen LogP contribution in [-0.2, 0) is 22.7 Å². The zero-order chi connectivity index (χ0) is 20.9. The third kappa shape index (κ3) is 4.56. The van der Waals surface area contributed by atoms with Crippen molar-refractivity contribution in [3.05, 3.63) is 47.9 Å². The van der Waals surface area contributed by atoms with E-state index in [2.05, 4.69) is 25.3 Å². The predicted molar refractivity (Wildman–Crippen MR) is 105 cm³/mol. The molecule has 0 bridgehead atoms. The summed E-state index contributed by atoms with van der Waals surface area (Å²) in [7, 11) is 1.45. The Morgan fingerprint density at radius 1 is 1.33 bits per heavy atom. The van der Waals surface area contributed by atoms with Crippen LogP contribution in [0.1, 0.15) is 36.3 Å². The van der Waals surface area contributed by atoms with Crippen LogP contribution in [0.5, 0.6) is 0 Å². The number of carbonyl (C=O) groups excluding carboxylic acids is 1. The second-order valence-corrected chi connectivity index (χ2v) is 7.02. The fourth-order valence-electron chi connectivity index (χ4n) is 3.49. The minimum atomic E-state index is -0.274. The number of nitrogens with one attached hydrogen (secondary N) is 1. The molecule has 10 heteroatoms. The van der Waals surface area contributed by atoms with E-state index in [-0.39, 0.29) is 25.2 Å². The lowest BCUT2D eigenvalue weighted by atomic mass is 10.2. The van der Waals surface area contributed by atoms with Crippen molar-refractivity contribution in [2.45, 2.75) is 32.0 Å². The summed E-state index contributed by atoms with van der Waals surface area (Å²) in [6, 6.07) is 7.11. The Hall–Kier alpha value is -3.08. The molecule has 2 N–H and O–H groups in total. The van der Waals surface area contributed by atoms with Crippen molar-refractivity contribution in [3.63, 3.8) is 0 Å². The number of rotatable bonds is 8. The Morgan fingerprint density at radius 2 is 2.20 bits per heavy atom. The van der Waals surface area contributed by atoms with Crippen molar-refractivity contribution in [1.82, 2.24) is 20.0 Å². The second kappa shape index (κ2) is 9.16. The van der Waals surface area contributed by atoms with Crippen molar-refractivity contribution in [1.29, 1.82) is 0 Å². The summed E-state index contributed by atoms with van der Waals surface area (Å²) >= 11 is 0. The molecule has 0 aliphatic carbocycles. The molecule has 4 heterocycles. The SMILES string of the molecule is COCC(=O)Nc1ccc(-c2noc(C3CCCN3Cc3ccc(CO)o3)n2)cn1. The van der Waals surface area contributed by atoms with Gasteiger partial charge in [0, 0.05) is 18.9 Å². The summed E-state index contributed by atoms with van der Waals surface area (Å²) in [6.07, 6.45) is 3.52. The first-order valence-corrected chi connectivity index (χ1v) is 9.67. The Labute approximate surface area is 172 Å². The topological polar surface area (TPSA) is 127 Å². The highest BCUT2D eigenvalue weighted by Crippen LogP contribution is 2.33. The number of aromatic nitrogens is 3. The molecule has 1 aliphatic heterocycles. The molecule has 1 saturated heterocycles. The average Bonchev–Trinajstić information content (AvgIpc) is 3.49. The van der Waals surface area contributed by atoms with E-state index in [1.807, 2.05) is 6.07 Å². The lowest BCUT2D eigenvalue weighted by Gasteiger charge is -2.19. The third-order valence-electron chi connectivity index (χ3n) is 4.89. The Morgan fingerprint density at radius 3 is 2.93 bits per heavy atom. The Balaban J connectivity index is 1.43. The van der Waals surface area contributed by atoms with Crippen LogP contribution in [-0.4, -0.2) is 51.3 Å². The number of ether oxygens (including phenoxy) is 1. The van der Waals surface area contributed by atoms with Gasteiger partial charge in [0.25, 0.3) is 5.91 Å². The van der Waals surface area contributed by atoms with Gasteiger partial charge in [-0.1, -0.05) is 5.16 Å². The van der Waals surface area contributed by atoms with E-state index in [4.69, 9.17) is 18.8 Å². The first kappa shape index (κ1) is 20.2. The molecule has 0 spiro atoms. The van der Waals surface area contributed by atoms with Gasteiger partial charge >= 0.3 is 0 Å². The van der Waals surface area contributed by atoms with Crippen LogP contribution in [0, 0.1) is 0 Å². The molecule has 3 aromatic rings. The number of methoxy groups -OCH3 is 1. The fraction of sp³-hybridized carbons (Fsp3) is 0.400. The summed E-state index contributed by atoms with van der Waals surface area (Å²) in [5.74, 6) is 2.49. The minimum Gasteiger partial charge on any atom is -0.462 e. The third-order valence-corrected chi connectivity index (χ3v) is 4.89. The monoisotopic (exact) mass is 413 g/mol. The van der Waals surface area contributed by atoms with Crippen molar-refractivity contribution >= 4 is 11.7 Å². The molecule has 0 saturated carbocycles. The van der Waals surface area contributed by atoms with Gasteiger partial charge in [0.1, 0.15) is 30.6 Å². The largest absolute Gasteiger partial charge is 0.462 e. The second-order valence-electron chi connectivity index (χ2n) is 7.02. The van der Waals surface area contributed by atoms with Gasteiger partial charge < -0.3 is 24.1 Å². The van der Waals surface area contributed by atoms with Crippen molar-refractivity contribution in [2.75, 3.05) is 25.6 Å². The van der Waals surface area contributed by atoms with E-state index in [1.165, 1.54) is 7.11 Å². The maximum Gasteiger partial charge on any atom is 0.251 e. The van der Waals surface area contributed by atoms with Gasteiger partial charge in [0.15, 0.2) is 0 Å². The molecule has 1 fully saturated rings. The number of amides is 1. The number of hydrogen-bond acceptors (Lipinski definition) is 9. The number of nitrogens with zero attached hydrogens (tertiary/aromatic N) is 4. The number of pyridine rings is 1. The number of furan rings is 1. The van der Waals surface area contributed by atoms with Crippen LogP contribution in [0.25, 0.3) is 11.4 Å². The molecule has 3 aromatic heterocycles. The summed E-state index contributed by atoms with van der Waals surface area (Å²) in [4.78, 5) is 22.6. The molecule has 0 radical (unpaired) electrons. The van der Waals surface area contributed by atoms with E-state index >= 15 is 0 Å². The quantitative estimate of drug-likeness (QED) is 0.571. The van der Waals surface area contributed by atoms with Gasteiger partial charge in [-0.05, 0) is 43.7 Å². The highest BCUT2D eigenvalue weighted by atomic mass is 16.5. The van der Waals surface area contributed by atoms with Crippen LogP contribution in [0.15, 0.2) is 39.4 Å². The molecule has 158 valence electrons. The zero-order valence-electron chi connectivity index (χ0n) is 16.6. The van der Waals surface area contributed by atoms with Crippen molar-refractivity contribution < 1.29 is 23.6 Å². The Bertz CT molecular complexity index is 984. The van der Waals surface area contributed by atoms with E-state index in [0.29, 0.717) is 35.4 Å². The number of likely N-dealkylation sites (tertiary alicyclic amines) is 1. The zero-order valence-corrected chi connectivity index (χ0v) is 16.6. The number of carbonyl (C=O) groups is 1. The highest BCUT2D eigenvalue weighted by Gasteiger charge is 2.31. The van der Waals surface area contributed by atoms with Crippen LogP contribution in [0.3, 0.4) is 0 Å². The van der Waals surface area contributed by atoms with E-state index < -0.39 is 0 Å². The van der Waals surface area contributed by atoms with E-state index in [1.54, 1.807) is 24.4 Å². The van der Waals surface area contributed by atoms with Crippen molar-refractivity contribution in [2.24, 2.45) is 0 Å². The number of aliphatic hydroxyl groups is 1. The van der Waals surface area contributed by atoms with E-state index in [0.717, 1.165) is 25.1 Å². The van der Waals surface area contributed by atoms with Gasteiger partial charge in [0.05, 0.1) is 12.6 Å². The summed E-state index contributed by atoms with van der Waals surface area (Å²) in [5.41, 5.74) is 0.693. The summed E-state index contributed by atoms with van der Waals surface area (Å²) in [6.45, 7) is 1.36. The van der Waals surface area contributed by atoms with Gasteiger partial charge in [0.2, 0.25) is 11.7 Å². The molecule has 0 aromatic carbocycles.